The summed E-state index contributed by atoms with van der Waals surface area (Å²) < 4.78 is 59.7. The lowest BCUT2D eigenvalue weighted by molar-refractivity contribution is -0.146. The third-order valence-electron chi connectivity index (χ3n) is 5.14. The lowest BCUT2D eigenvalue weighted by atomic mass is 10.1. The molecule has 0 amide bonds. The summed E-state index contributed by atoms with van der Waals surface area (Å²) in [4.78, 5) is 11.4. The number of nitrogens with zero attached hydrogens (tertiary/aromatic N) is 5. The maximum Gasteiger partial charge on any atom is 0.449 e. The summed E-state index contributed by atoms with van der Waals surface area (Å²) in [5, 5.41) is 0. The third kappa shape index (κ3) is 4.24. The van der Waals surface area contributed by atoms with Crippen molar-refractivity contribution in [3.63, 3.8) is 0 Å². The molecule has 0 bridgehead atoms. The van der Waals surface area contributed by atoms with Crippen LogP contribution in [0, 0.1) is 0 Å². The van der Waals surface area contributed by atoms with Crippen LogP contribution in [0.5, 0.6) is 0 Å². The Morgan fingerprint density at radius 1 is 1.10 bits per heavy atom. The normalized spacial score (nSPS) is 18.4. The summed E-state index contributed by atoms with van der Waals surface area (Å²) >= 11 is 0. The molecule has 160 valence electrons. The number of benzene rings is 1. The second-order valence-corrected chi connectivity index (χ2v) is 7.17. The number of aromatic nitrogens is 2. The summed E-state index contributed by atoms with van der Waals surface area (Å²) in [6, 6.07) is 7.72. The first-order valence-corrected chi connectivity index (χ1v) is 9.50. The van der Waals surface area contributed by atoms with Gasteiger partial charge in [-0.1, -0.05) is 12.1 Å². The topological polar surface area (TPSA) is 45.9 Å². The van der Waals surface area contributed by atoms with Gasteiger partial charge in [-0.15, -0.1) is 0 Å². The predicted octanol–water partition coefficient (Wildman–Crippen LogP) is 3.35. The van der Waals surface area contributed by atoms with Crippen LogP contribution in [0.4, 0.5) is 23.2 Å². The van der Waals surface area contributed by atoms with Crippen LogP contribution in [0.3, 0.4) is 0 Å². The van der Waals surface area contributed by atoms with E-state index in [4.69, 9.17) is 4.74 Å². The van der Waals surface area contributed by atoms with Crippen LogP contribution in [0.15, 0.2) is 47.5 Å². The van der Waals surface area contributed by atoms with Gasteiger partial charge in [0.2, 0.25) is 5.82 Å². The van der Waals surface area contributed by atoms with Gasteiger partial charge in [0.05, 0.1) is 25.1 Å². The summed E-state index contributed by atoms with van der Waals surface area (Å²) in [6.07, 6.45) is -2.37. The highest BCUT2D eigenvalue weighted by molar-refractivity contribution is 6.10. The van der Waals surface area contributed by atoms with E-state index in [1.165, 1.54) is 13.2 Å². The highest BCUT2D eigenvalue weighted by Crippen LogP contribution is 2.30. The van der Waals surface area contributed by atoms with E-state index in [0.29, 0.717) is 0 Å². The molecule has 0 radical (unpaired) electrons. The molecule has 2 aromatic rings. The van der Waals surface area contributed by atoms with Gasteiger partial charge in [0.25, 0.3) is 0 Å². The Morgan fingerprint density at radius 3 is 2.40 bits per heavy atom. The quantitative estimate of drug-likeness (QED) is 0.708. The molecule has 0 saturated carbocycles. The number of aliphatic imine (C=N–C) groups is 1. The monoisotopic (exact) mass is 423 g/mol. The first kappa shape index (κ1) is 20.5. The number of rotatable bonds is 4. The molecule has 1 aromatic heterocycles. The molecule has 6 nitrogen and oxygen atoms in total. The van der Waals surface area contributed by atoms with E-state index in [2.05, 4.69) is 14.9 Å². The molecular formula is C20H21F4N5O. The zero-order valence-corrected chi connectivity index (χ0v) is 16.4. The lowest BCUT2D eigenvalue weighted by Gasteiger charge is -2.27. The van der Waals surface area contributed by atoms with Gasteiger partial charge >= 0.3 is 6.18 Å². The fraction of sp³-hybridized carbons (Fsp3) is 0.400. The average Bonchev–Trinajstić information content (AvgIpc) is 3.11. The number of alkyl halides is 3. The molecule has 4 rings (SSSR count). The van der Waals surface area contributed by atoms with E-state index in [9.17, 15) is 17.6 Å². The minimum absolute atomic E-state index is 0.0171. The van der Waals surface area contributed by atoms with E-state index >= 15 is 0 Å². The molecule has 30 heavy (non-hydrogen) atoms. The minimum atomic E-state index is -4.61. The Labute approximate surface area is 171 Å². The number of halogens is 4. The number of hydrogen-bond donors (Lipinski definition) is 0. The van der Waals surface area contributed by atoms with Gasteiger partial charge < -0.3 is 14.2 Å². The fourth-order valence-electron chi connectivity index (χ4n) is 3.52. The number of imidazole rings is 1. The molecule has 0 unspecified atom stereocenters. The molecule has 2 aliphatic rings. The smallest absolute Gasteiger partial charge is 0.379 e. The van der Waals surface area contributed by atoms with Crippen LogP contribution in [-0.4, -0.2) is 53.1 Å². The second kappa shape index (κ2) is 8.19. The number of ether oxygens (including phenoxy) is 1. The van der Waals surface area contributed by atoms with Crippen molar-refractivity contribution in [2.75, 3.05) is 37.9 Å². The Morgan fingerprint density at radius 2 is 1.80 bits per heavy atom. The van der Waals surface area contributed by atoms with E-state index in [0.717, 1.165) is 54.9 Å². The van der Waals surface area contributed by atoms with Crippen LogP contribution in [0.1, 0.15) is 17.1 Å². The second-order valence-electron chi connectivity index (χ2n) is 7.17. The Balaban J connectivity index is 1.46. The molecule has 2 aliphatic heterocycles. The van der Waals surface area contributed by atoms with Crippen molar-refractivity contribution in [1.82, 2.24) is 14.5 Å². The van der Waals surface area contributed by atoms with Crippen molar-refractivity contribution in [3.8, 4) is 0 Å². The van der Waals surface area contributed by atoms with Crippen LogP contribution >= 0.6 is 0 Å². The Bertz CT molecular complexity index is 959. The minimum Gasteiger partial charge on any atom is -0.379 e. The van der Waals surface area contributed by atoms with Gasteiger partial charge in [0.1, 0.15) is 12.4 Å². The average molecular weight is 423 g/mol. The molecule has 0 N–H and O–H groups in total. The molecule has 1 saturated heterocycles. The largest absolute Gasteiger partial charge is 0.449 e. The standard InChI is InChI=1S/C20H21F4N5O/c1-27-17(10-25-19(27)20(22,23)24)18-16(21)12-29(13-26-18)15-4-2-14(3-5-15)11-28-6-8-30-9-7-28/h2-5,10,12H,6-9,11,13H2,1H3. The molecule has 1 aromatic carbocycles. The van der Waals surface area contributed by atoms with Gasteiger partial charge in [-0.05, 0) is 17.7 Å². The van der Waals surface area contributed by atoms with Crippen molar-refractivity contribution >= 4 is 11.4 Å². The summed E-state index contributed by atoms with van der Waals surface area (Å²) in [7, 11) is 1.19. The van der Waals surface area contributed by atoms with Crippen molar-refractivity contribution in [3.05, 3.63) is 59.6 Å². The fourth-order valence-corrected chi connectivity index (χ4v) is 3.52. The van der Waals surface area contributed by atoms with Gasteiger partial charge in [0.15, 0.2) is 5.83 Å². The van der Waals surface area contributed by atoms with Crippen molar-refractivity contribution in [2.45, 2.75) is 12.7 Å². The first-order valence-electron chi connectivity index (χ1n) is 9.50. The molecule has 10 heteroatoms. The third-order valence-corrected chi connectivity index (χ3v) is 5.14. The molecular weight excluding hydrogens is 402 g/mol. The number of anilines is 1. The summed E-state index contributed by atoms with van der Waals surface area (Å²) in [5.74, 6) is -1.80. The molecule has 0 aliphatic carbocycles. The van der Waals surface area contributed by atoms with Gasteiger partial charge in [0, 0.05) is 38.6 Å². The maximum absolute atomic E-state index is 14.7. The van der Waals surface area contributed by atoms with Gasteiger partial charge in [-0.3, -0.25) is 9.89 Å². The van der Waals surface area contributed by atoms with Crippen LogP contribution in [0.25, 0.3) is 0 Å². The van der Waals surface area contributed by atoms with Crippen LogP contribution in [0.2, 0.25) is 0 Å². The molecule has 1 fully saturated rings. The van der Waals surface area contributed by atoms with Crippen LogP contribution < -0.4 is 4.90 Å². The van der Waals surface area contributed by atoms with E-state index < -0.39 is 17.8 Å². The lowest BCUT2D eigenvalue weighted by Crippen LogP contribution is -2.35. The van der Waals surface area contributed by atoms with Gasteiger partial charge in [-0.25, -0.2) is 9.37 Å². The highest BCUT2D eigenvalue weighted by Gasteiger charge is 2.37. The van der Waals surface area contributed by atoms with Gasteiger partial charge in [-0.2, -0.15) is 13.2 Å². The number of hydrogen-bond acceptors (Lipinski definition) is 5. The van der Waals surface area contributed by atoms with Crippen molar-refractivity contribution < 1.29 is 22.3 Å². The van der Waals surface area contributed by atoms with Crippen LogP contribution in [-0.2, 0) is 24.5 Å². The van der Waals surface area contributed by atoms with E-state index in [1.54, 1.807) is 4.90 Å². The van der Waals surface area contributed by atoms with E-state index in [-0.39, 0.29) is 18.1 Å². The predicted molar refractivity (Wildman–Crippen MR) is 104 cm³/mol. The highest BCUT2D eigenvalue weighted by atomic mass is 19.4. The molecule has 3 heterocycles. The van der Waals surface area contributed by atoms with E-state index in [1.807, 2.05) is 24.3 Å². The first-order chi connectivity index (χ1) is 14.3. The summed E-state index contributed by atoms with van der Waals surface area (Å²) in [5.41, 5.74) is 1.73. The SMILES string of the molecule is Cn1c(C2=NCN(c3ccc(CN4CCOCC4)cc3)C=C2F)cnc1C(F)(F)F. The maximum atomic E-state index is 14.7. The zero-order chi connectivity index (χ0) is 21.3. The van der Waals surface area contributed by atoms with Crippen molar-refractivity contribution in [2.24, 2.45) is 12.0 Å². The molecule has 0 spiro atoms. The Kier molecular flexibility index (Phi) is 5.61. The molecule has 0 atom stereocenters. The Hall–Kier alpha value is -2.72. The van der Waals surface area contributed by atoms with Crippen molar-refractivity contribution in [1.29, 1.82) is 0 Å². The number of morpholine rings is 1. The summed E-state index contributed by atoms with van der Waals surface area (Å²) in [6.45, 7) is 4.16. The number of allylic oxidation sites excluding steroid dienone is 1. The zero-order valence-electron chi connectivity index (χ0n) is 16.4.